The summed E-state index contributed by atoms with van der Waals surface area (Å²) in [5, 5.41) is 0.470. The molecule has 1 N–H and O–H groups in total. The lowest BCUT2D eigenvalue weighted by Crippen LogP contribution is -2.37. The monoisotopic (exact) mass is 378 g/mol. The summed E-state index contributed by atoms with van der Waals surface area (Å²) in [4.78, 5) is 14.4. The largest absolute Gasteiger partial charge is 0.312 e. The van der Waals surface area contributed by atoms with Gasteiger partial charge in [0, 0.05) is 30.2 Å². The number of halogens is 1. The molecular formula is C18H19ClN2O3S. The van der Waals surface area contributed by atoms with Gasteiger partial charge in [-0.2, -0.15) is 0 Å². The van der Waals surface area contributed by atoms with Gasteiger partial charge in [0.15, 0.2) is 0 Å². The van der Waals surface area contributed by atoms with Crippen LogP contribution in [0.3, 0.4) is 0 Å². The average molecular weight is 379 g/mol. The van der Waals surface area contributed by atoms with Crippen LogP contribution in [0.15, 0.2) is 53.4 Å². The predicted molar refractivity (Wildman–Crippen MR) is 98.4 cm³/mol. The first-order valence-electron chi connectivity index (χ1n) is 8.11. The molecule has 0 saturated heterocycles. The number of hydrogen-bond donors (Lipinski definition) is 1. The Bertz CT molecular complexity index is 866. The van der Waals surface area contributed by atoms with E-state index >= 15 is 0 Å². The van der Waals surface area contributed by atoms with Gasteiger partial charge in [0.25, 0.3) is 0 Å². The molecule has 0 atom stereocenters. The summed E-state index contributed by atoms with van der Waals surface area (Å²) >= 11 is 5.77. The van der Waals surface area contributed by atoms with E-state index in [-0.39, 0.29) is 23.8 Å². The molecule has 2 aromatic rings. The van der Waals surface area contributed by atoms with E-state index in [9.17, 15) is 13.2 Å². The van der Waals surface area contributed by atoms with E-state index in [1.165, 1.54) is 24.3 Å². The van der Waals surface area contributed by atoms with Gasteiger partial charge in [-0.1, -0.05) is 29.8 Å². The summed E-state index contributed by atoms with van der Waals surface area (Å²) in [5.41, 5.74) is 2.09. The number of carbonyl (C=O) groups excluding carboxylic acids is 1. The normalized spacial score (nSPS) is 14.2. The van der Waals surface area contributed by atoms with Crippen molar-refractivity contribution in [2.75, 3.05) is 18.0 Å². The summed E-state index contributed by atoms with van der Waals surface area (Å²) < 4.78 is 26.9. The van der Waals surface area contributed by atoms with Crippen molar-refractivity contribution in [3.63, 3.8) is 0 Å². The third-order valence-electron chi connectivity index (χ3n) is 4.17. The van der Waals surface area contributed by atoms with Gasteiger partial charge in [0.05, 0.1) is 4.90 Å². The van der Waals surface area contributed by atoms with Crippen molar-refractivity contribution in [3.8, 4) is 0 Å². The standard InChI is InChI=1S/C18H19ClN2O3S/c19-15-7-9-16(10-8-15)25(23,24)20-12-11-18(22)21-13-3-5-14-4-1-2-6-17(14)21/h1-2,4,6-10,20H,3,5,11-13H2. The molecule has 0 radical (unpaired) electrons. The van der Waals surface area contributed by atoms with Gasteiger partial charge >= 0.3 is 0 Å². The number of para-hydroxylation sites is 1. The number of anilines is 1. The summed E-state index contributed by atoms with van der Waals surface area (Å²) in [5.74, 6) is -0.0778. The van der Waals surface area contributed by atoms with Crippen LogP contribution in [0.5, 0.6) is 0 Å². The second-order valence-electron chi connectivity index (χ2n) is 5.88. The lowest BCUT2D eigenvalue weighted by Gasteiger charge is -2.29. The fraction of sp³-hybridized carbons (Fsp3) is 0.278. The number of aryl methyl sites for hydroxylation is 1. The van der Waals surface area contributed by atoms with E-state index in [4.69, 9.17) is 11.6 Å². The molecule has 1 aliphatic rings. The molecule has 5 nitrogen and oxygen atoms in total. The van der Waals surface area contributed by atoms with Crippen molar-refractivity contribution in [2.24, 2.45) is 0 Å². The maximum atomic E-state index is 12.5. The zero-order valence-electron chi connectivity index (χ0n) is 13.6. The molecule has 3 rings (SSSR count). The predicted octanol–water partition coefficient (Wildman–Crippen LogP) is 2.99. The number of fused-ring (bicyclic) bond motifs is 1. The van der Waals surface area contributed by atoms with Crippen LogP contribution in [-0.4, -0.2) is 27.4 Å². The number of benzene rings is 2. The summed E-state index contributed by atoms with van der Waals surface area (Å²) in [6.45, 7) is 0.724. The number of carbonyl (C=O) groups is 1. The SMILES string of the molecule is O=C(CCNS(=O)(=O)c1ccc(Cl)cc1)N1CCCc2ccccc21. The Morgan fingerprint density at radius 1 is 1.12 bits per heavy atom. The minimum atomic E-state index is -3.64. The summed E-state index contributed by atoms with van der Waals surface area (Å²) in [7, 11) is -3.64. The van der Waals surface area contributed by atoms with Crippen LogP contribution in [0, 0.1) is 0 Å². The van der Waals surface area contributed by atoms with Gasteiger partial charge in [0.1, 0.15) is 0 Å². The fourth-order valence-corrected chi connectivity index (χ4v) is 4.07. The first-order chi connectivity index (χ1) is 12.0. The lowest BCUT2D eigenvalue weighted by atomic mass is 10.0. The highest BCUT2D eigenvalue weighted by atomic mass is 35.5. The second-order valence-corrected chi connectivity index (χ2v) is 8.08. The molecule has 2 aromatic carbocycles. The van der Waals surface area contributed by atoms with Crippen molar-refractivity contribution in [1.29, 1.82) is 0 Å². The maximum absolute atomic E-state index is 12.5. The van der Waals surface area contributed by atoms with Gasteiger partial charge < -0.3 is 4.90 Å². The Labute approximate surface area is 152 Å². The van der Waals surface area contributed by atoms with E-state index in [0.29, 0.717) is 11.6 Å². The molecule has 1 aliphatic heterocycles. The number of nitrogens with one attached hydrogen (secondary N) is 1. The van der Waals surface area contributed by atoms with Gasteiger partial charge in [0.2, 0.25) is 15.9 Å². The summed E-state index contributed by atoms with van der Waals surface area (Å²) in [6, 6.07) is 13.8. The van der Waals surface area contributed by atoms with Gasteiger partial charge in [-0.05, 0) is 48.7 Å². The van der Waals surface area contributed by atoms with Crippen LogP contribution in [0.1, 0.15) is 18.4 Å². The Kier molecular flexibility index (Phi) is 5.42. The molecule has 0 fully saturated rings. The molecule has 0 saturated carbocycles. The zero-order chi connectivity index (χ0) is 17.9. The highest BCUT2D eigenvalue weighted by Gasteiger charge is 2.22. The van der Waals surface area contributed by atoms with Crippen LogP contribution in [-0.2, 0) is 21.2 Å². The average Bonchev–Trinajstić information content (AvgIpc) is 2.61. The molecule has 132 valence electrons. The van der Waals surface area contributed by atoms with E-state index in [2.05, 4.69) is 4.72 Å². The highest BCUT2D eigenvalue weighted by molar-refractivity contribution is 7.89. The molecule has 1 amide bonds. The third kappa shape index (κ3) is 4.21. The van der Waals surface area contributed by atoms with Crippen molar-refractivity contribution < 1.29 is 13.2 Å². The van der Waals surface area contributed by atoms with Crippen molar-refractivity contribution in [2.45, 2.75) is 24.2 Å². The number of rotatable bonds is 5. The molecule has 25 heavy (non-hydrogen) atoms. The van der Waals surface area contributed by atoms with Gasteiger partial charge in [-0.3, -0.25) is 4.79 Å². The van der Waals surface area contributed by atoms with Crippen molar-refractivity contribution >= 4 is 33.2 Å². The number of amides is 1. The van der Waals surface area contributed by atoms with Crippen LogP contribution in [0.25, 0.3) is 0 Å². The Morgan fingerprint density at radius 2 is 1.84 bits per heavy atom. The van der Waals surface area contributed by atoms with E-state index in [0.717, 1.165) is 24.1 Å². The molecule has 0 aliphatic carbocycles. The number of hydrogen-bond acceptors (Lipinski definition) is 3. The van der Waals surface area contributed by atoms with Gasteiger partial charge in [-0.25, -0.2) is 13.1 Å². The first kappa shape index (κ1) is 17.9. The maximum Gasteiger partial charge on any atom is 0.240 e. The minimum Gasteiger partial charge on any atom is -0.312 e. The molecule has 0 spiro atoms. The molecule has 1 heterocycles. The lowest BCUT2D eigenvalue weighted by molar-refractivity contribution is -0.118. The van der Waals surface area contributed by atoms with Crippen LogP contribution >= 0.6 is 11.6 Å². The molecule has 0 bridgehead atoms. The molecule has 0 unspecified atom stereocenters. The molecular weight excluding hydrogens is 360 g/mol. The number of nitrogens with zero attached hydrogens (tertiary/aromatic N) is 1. The molecule has 0 aromatic heterocycles. The quantitative estimate of drug-likeness (QED) is 0.869. The third-order valence-corrected chi connectivity index (χ3v) is 5.90. The highest BCUT2D eigenvalue weighted by Crippen LogP contribution is 2.27. The summed E-state index contributed by atoms with van der Waals surface area (Å²) in [6.07, 6.45) is 1.99. The van der Waals surface area contributed by atoms with E-state index < -0.39 is 10.0 Å². The van der Waals surface area contributed by atoms with Crippen LogP contribution < -0.4 is 9.62 Å². The van der Waals surface area contributed by atoms with Gasteiger partial charge in [-0.15, -0.1) is 0 Å². The van der Waals surface area contributed by atoms with E-state index in [1.54, 1.807) is 4.90 Å². The van der Waals surface area contributed by atoms with Crippen molar-refractivity contribution in [1.82, 2.24) is 4.72 Å². The smallest absolute Gasteiger partial charge is 0.240 e. The first-order valence-corrected chi connectivity index (χ1v) is 9.97. The second kappa shape index (κ2) is 7.56. The Balaban J connectivity index is 1.61. The van der Waals surface area contributed by atoms with E-state index in [1.807, 2.05) is 24.3 Å². The molecule has 7 heteroatoms. The minimum absolute atomic E-state index is 0.0580. The number of sulfonamides is 1. The Hall–Kier alpha value is -1.89. The fourth-order valence-electron chi connectivity index (χ4n) is 2.92. The van der Waals surface area contributed by atoms with Crippen molar-refractivity contribution in [3.05, 3.63) is 59.1 Å². The van der Waals surface area contributed by atoms with Crippen LogP contribution in [0.4, 0.5) is 5.69 Å². The van der Waals surface area contributed by atoms with Crippen LogP contribution in [0.2, 0.25) is 5.02 Å². The zero-order valence-corrected chi connectivity index (χ0v) is 15.2. The Morgan fingerprint density at radius 3 is 2.60 bits per heavy atom. The topological polar surface area (TPSA) is 66.5 Å².